The molecule has 0 N–H and O–H groups in total. The SMILES string of the molecule is CCCOc1ccc(C(=O)Cn2cc[n+](C)c2)cc1.[Br-]. The molecule has 1 heterocycles. The zero-order valence-corrected chi connectivity index (χ0v) is 13.3. The van der Waals surface area contributed by atoms with Crippen molar-refractivity contribution in [1.82, 2.24) is 4.57 Å². The second-order valence-corrected chi connectivity index (χ2v) is 4.55. The zero-order chi connectivity index (χ0) is 13.7. The molecule has 0 aliphatic rings. The number of hydrogen-bond acceptors (Lipinski definition) is 2. The largest absolute Gasteiger partial charge is 1.00 e. The van der Waals surface area contributed by atoms with Crippen molar-refractivity contribution in [2.75, 3.05) is 6.61 Å². The molecule has 2 rings (SSSR count). The molecule has 0 amide bonds. The molecule has 0 bridgehead atoms. The number of hydrogen-bond donors (Lipinski definition) is 0. The lowest BCUT2D eigenvalue weighted by molar-refractivity contribution is -0.671. The fourth-order valence-electron chi connectivity index (χ4n) is 1.81. The normalized spacial score (nSPS) is 9.90. The molecule has 2 aromatic rings. The Morgan fingerprint density at radius 1 is 1.30 bits per heavy atom. The van der Waals surface area contributed by atoms with Crippen molar-refractivity contribution in [2.45, 2.75) is 19.9 Å². The van der Waals surface area contributed by atoms with E-state index >= 15 is 0 Å². The van der Waals surface area contributed by atoms with Crippen LogP contribution < -0.4 is 26.3 Å². The van der Waals surface area contributed by atoms with Crippen LogP contribution in [0.3, 0.4) is 0 Å². The first kappa shape index (κ1) is 16.4. The van der Waals surface area contributed by atoms with E-state index in [4.69, 9.17) is 4.74 Å². The summed E-state index contributed by atoms with van der Waals surface area (Å²) in [5.41, 5.74) is 0.709. The molecule has 20 heavy (non-hydrogen) atoms. The van der Waals surface area contributed by atoms with Crippen LogP contribution in [-0.2, 0) is 13.6 Å². The topological polar surface area (TPSA) is 35.1 Å². The van der Waals surface area contributed by atoms with Crippen molar-refractivity contribution in [2.24, 2.45) is 7.05 Å². The number of aromatic nitrogens is 2. The van der Waals surface area contributed by atoms with Crippen LogP contribution in [0.15, 0.2) is 43.0 Å². The molecular weight excluding hydrogens is 320 g/mol. The number of rotatable bonds is 6. The highest BCUT2D eigenvalue weighted by Gasteiger charge is 2.10. The van der Waals surface area contributed by atoms with Gasteiger partial charge in [0, 0.05) is 5.56 Å². The van der Waals surface area contributed by atoms with Gasteiger partial charge >= 0.3 is 0 Å². The van der Waals surface area contributed by atoms with Crippen molar-refractivity contribution in [1.29, 1.82) is 0 Å². The number of benzene rings is 1. The third kappa shape index (κ3) is 4.49. The summed E-state index contributed by atoms with van der Waals surface area (Å²) in [6.45, 7) is 3.12. The van der Waals surface area contributed by atoms with E-state index in [1.165, 1.54) is 0 Å². The number of imidazole rings is 1. The van der Waals surface area contributed by atoms with Gasteiger partial charge in [-0.2, -0.15) is 0 Å². The predicted molar refractivity (Wildman–Crippen MR) is 72.2 cm³/mol. The summed E-state index contributed by atoms with van der Waals surface area (Å²) in [7, 11) is 1.93. The molecule has 0 unspecified atom stereocenters. The Labute approximate surface area is 129 Å². The van der Waals surface area contributed by atoms with E-state index in [0.29, 0.717) is 18.7 Å². The molecule has 0 spiro atoms. The predicted octanol–water partition coefficient (Wildman–Crippen LogP) is -1.01. The Bertz CT molecular complexity index is 549. The van der Waals surface area contributed by atoms with Gasteiger partial charge in [0.05, 0.1) is 13.7 Å². The number of ether oxygens (including phenoxy) is 1. The number of halogens is 1. The monoisotopic (exact) mass is 338 g/mol. The molecule has 0 aliphatic carbocycles. The first-order valence-electron chi connectivity index (χ1n) is 6.46. The van der Waals surface area contributed by atoms with Gasteiger partial charge in [0.25, 0.3) is 0 Å². The van der Waals surface area contributed by atoms with Crippen molar-refractivity contribution in [3.8, 4) is 5.75 Å². The number of carbonyl (C=O) groups is 1. The molecule has 1 aromatic carbocycles. The lowest BCUT2D eigenvalue weighted by atomic mass is 10.1. The van der Waals surface area contributed by atoms with Crippen molar-refractivity contribution in [3.63, 3.8) is 0 Å². The van der Waals surface area contributed by atoms with Crippen molar-refractivity contribution < 1.29 is 31.1 Å². The standard InChI is InChI=1S/C15H19N2O2.BrH/c1-3-10-19-14-6-4-13(5-7-14)15(18)11-17-9-8-16(2)12-17;/h4-9,12H,3,10-11H2,1-2H3;1H/q+1;/p-1. The summed E-state index contributed by atoms with van der Waals surface area (Å²) in [6, 6.07) is 7.32. The van der Waals surface area contributed by atoms with E-state index < -0.39 is 0 Å². The van der Waals surface area contributed by atoms with Crippen molar-refractivity contribution >= 4 is 5.78 Å². The van der Waals surface area contributed by atoms with Gasteiger partial charge in [0.1, 0.15) is 18.1 Å². The number of nitrogens with zero attached hydrogens (tertiary/aromatic N) is 2. The molecule has 4 nitrogen and oxygen atoms in total. The Kier molecular flexibility index (Phi) is 6.45. The summed E-state index contributed by atoms with van der Waals surface area (Å²) < 4.78 is 9.27. The fraction of sp³-hybridized carbons (Fsp3) is 0.333. The van der Waals surface area contributed by atoms with Gasteiger partial charge in [-0.05, 0) is 30.7 Å². The van der Waals surface area contributed by atoms with Gasteiger partial charge in [-0.25, -0.2) is 9.13 Å². The molecular formula is C15H19BrN2O2. The molecule has 108 valence electrons. The molecule has 0 saturated carbocycles. The van der Waals surface area contributed by atoms with E-state index in [1.54, 1.807) is 0 Å². The minimum absolute atomic E-state index is 0. The average molecular weight is 339 g/mol. The van der Waals surface area contributed by atoms with Crippen LogP contribution in [-0.4, -0.2) is 17.0 Å². The van der Waals surface area contributed by atoms with Crippen LogP contribution in [0.4, 0.5) is 0 Å². The van der Waals surface area contributed by atoms with E-state index in [0.717, 1.165) is 12.2 Å². The van der Waals surface area contributed by atoms with Crippen LogP contribution in [0.25, 0.3) is 0 Å². The zero-order valence-electron chi connectivity index (χ0n) is 11.8. The second-order valence-electron chi connectivity index (χ2n) is 4.55. The van der Waals surface area contributed by atoms with E-state index in [-0.39, 0.29) is 22.8 Å². The second kappa shape index (κ2) is 7.85. The maximum atomic E-state index is 12.1. The van der Waals surface area contributed by atoms with Gasteiger partial charge in [-0.1, -0.05) is 6.92 Å². The summed E-state index contributed by atoms with van der Waals surface area (Å²) in [4.78, 5) is 12.1. The highest BCUT2D eigenvalue weighted by atomic mass is 79.9. The summed E-state index contributed by atoms with van der Waals surface area (Å²) in [5.74, 6) is 0.906. The minimum atomic E-state index is 0. The first-order valence-corrected chi connectivity index (χ1v) is 6.46. The van der Waals surface area contributed by atoms with Crippen LogP contribution in [0.1, 0.15) is 23.7 Å². The van der Waals surface area contributed by atoms with E-state index in [2.05, 4.69) is 6.92 Å². The molecule has 1 aromatic heterocycles. The fourth-order valence-corrected chi connectivity index (χ4v) is 1.81. The van der Waals surface area contributed by atoms with Crippen LogP contribution >= 0.6 is 0 Å². The first-order chi connectivity index (χ1) is 9.19. The average Bonchev–Trinajstić information content (AvgIpc) is 2.82. The minimum Gasteiger partial charge on any atom is -1.00 e. The highest BCUT2D eigenvalue weighted by molar-refractivity contribution is 5.95. The molecule has 5 heteroatoms. The van der Waals surface area contributed by atoms with Crippen LogP contribution in [0.5, 0.6) is 5.75 Å². The third-order valence-corrected chi connectivity index (χ3v) is 2.80. The van der Waals surface area contributed by atoms with E-state index in [1.807, 2.05) is 59.2 Å². The number of aryl methyl sites for hydroxylation is 1. The highest BCUT2D eigenvalue weighted by Crippen LogP contribution is 2.13. The molecule has 0 fully saturated rings. The van der Waals surface area contributed by atoms with E-state index in [9.17, 15) is 4.79 Å². The number of Topliss-reactive ketones (excluding diaryl/α,β-unsaturated/α-hetero) is 1. The van der Waals surface area contributed by atoms with Crippen LogP contribution in [0.2, 0.25) is 0 Å². The number of ketones is 1. The molecule has 0 radical (unpaired) electrons. The van der Waals surface area contributed by atoms with Gasteiger partial charge in [-0.3, -0.25) is 4.79 Å². The number of carbonyl (C=O) groups excluding carboxylic acids is 1. The quantitative estimate of drug-likeness (QED) is 0.499. The van der Waals surface area contributed by atoms with Crippen LogP contribution in [0, 0.1) is 0 Å². The Morgan fingerprint density at radius 3 is 2.55 bits per heavy atom. The van der Waals surface area contributed by atoms with Gasteiger partial charge in [-0.15, -0.1) is 0 Å². The Balaban J connectivity index is 0.00000200. The van der Waals surface area contributed by atoms with Gasteiger partial charge < -0.3 is 21.7 Å². The maximum absolute atomic E-state index is 12.1. The third-order valence-electron chi connectivity index (χ3n) is 2.80. The molecule has 0 aliphatic heterocycles. The summed E-state index contributed by atoms with van der Waals surface area (Å²) in [6.07, 6.45) is 6.66. The van der Waals surface area contributed by atoms with Crippen molar-refractivity contribution in [3.05, 3.63) is 48.5 Å². The summed E-state index contributed by atoms with van der Waals surface area (Å²) >= 11 is 0. The lowest BCUT2D eigenvalue weighted by Gasteiger charge is -2.04. The maximum Gasteiger partial charge on any atom is 0.243 e. The molecule has 0 atom stereocenters. The smallest absolute Gasteiger partial charge is 0.243 e. The summed E-state index contributed by atoms with van der Waals surface area (Å²) in [5, 5.41) is 0. The Hall–Kier alpha value is -1.62. The Morgan fingerprint density at radius 2 is 2.00 bits per heavy atom. The lowest BCUT2D eigenvalue weighted by Crippen LogP contribution is -3.00. The van der Waals surface area contributed by atoms with Gasteiger partial charge in [0.2, 0.25) is 12.1 Å². The van der Waals surface area contributed by atoms with Gasteiger partial charge in [0.15, 0.2) is 6.54 Å². The molecule has 0 saturated heterocycles.